The first kappa shape index (κ1) is 16.8. The molecule has 22 heavy (non-hydrogen) atoms. The number of carbonyl (C=O) groups is 2. The van der Waals surface area contributed by atoms with Gasteiger partial charge in [0.25, 0.3) is 5.91 Å². The molecule has 120 valence electrons. The van der Waals surface area contributed by atoms with Crippen molar-refractivity contribution >= 4 is 24.4 Å². The average Bonchev–Trinajstić information content (AvgIpc) is 2.53. The Labute approximate surface area is 136 Å². The minimum absolute atomic E-state index is 0.0171. The van der Waals surface area contributed by atoms with Crippen LogP contribution >= 0.6 is 12.6 Å². The van der Waals surface area contributed by atoms with Gasteiger partial charge in [-0.2, -0.15) is 0 Å². The van der Waals surface area contributed by atoms with E-state index in [-0.39, 0.29) is 17.7 Å². The fourth-order valence-electron chi connectivity index (χ4n) is 2.33. The lowest BCUT2D eigenvalue weighted by Crippen LogP contribution is -2.53. The van der Waals surface area contributed by atoms with E-state index in [0.717, 1.165) is 4.90 Å². The molecule has 0 saturated carbocycles. The monoisotopic (exact) mass is 322 g/mol. The van der Waals surface area contributed by atoms with Crippen LogP contribution in [0.2, 0.25) is 0 Å². The first-order valence-electron chi connectivity index (χ1n) is 7.45. The Kier molecular flexibility index (Phi) is 5.85. The Morgan fingerprint density at radius 1 is 1.18 bits per heavy atom. The van der Waals surface area contributed by atoms with Crippen LogP contribution in [-0.4, -0.2) is 49.1 Å². The number of carbonyl (C=O) groups excluding carboxylic acids is 2. The van der Waals surface area contributed by atoms with E-state index in [9.17, 15) is 9.59 Å². The molecule has 0 radical (unpaired) electrons. The molecule has 1 fully saturated rings. The second kappa shape index (κ2) is 7.65. The molecule has 1 aliphatic heterocycles. The highest BCUT2D eigenvalue weighted by atomic mass is 32.1. The number of morpholine rings is 1. The van der Waals surface area contributed by atoms with Crippen LogP contribution in [0.15, 0.2) is 29.2 Å². The van der Waals surface area contributed by atoms with Crippen molar-refractivity contribution < 1.29 is 14.3 Å². The molecule has 0 aromatic heterocycles. The van der Waals surface area contributed by atoms with Gasteiger partial charge in [-0.3, -0.25) is 9.59 Å². The molecule has 2 amide bonds. The van der Waals surface area contributed by atoms with Crippen molar-refractivity contribution in [2.24, 2.45) is 5.92 Å². The summed E-state index contributed by atoms with van der Waals surface area (Å²) < 4.78 is 5.26. The van der Waals surface area contributed by atoms with E-state index in [1.807, 2.05) is 13.8 Å². The number of thiol groups is 1. The van der Waals surface area contributed by atoms with E-state index in [1.165, 1.54) is 0 Å². The third-order valence-corrected chi connectivity index (χ3v) is 3.97. The summed E-state index contributed by atoms with van der Waals surface area (Å²) in [7, 11) is 0. The Bertz CT molecular complexity index is 525. The topological polar surface area (TPSA) is 58.6 Å². The molecule has 5 nitrogen and oxygen atoms in total. The molecule has 1 aromatic carbocycles. The van der Waals surface area contributed by atoms with Gasteiger partial charge in [0.2, 0.25) is 5.91 Å². The Balaban J connectivity index is 2.06. The number of ether oxygens (including phenoxy) is 1. The summed E-state index contributed by atoms with van der Waals surface area (Å²) in [5.41, 5.74) is 0.526. The van der Waals surface area contributed by atoms with E-state index < -0.39 is 6.04 Å². The molecule has 1 unspecified atom stereocenters. The van der Waals surface area contributed by atoms with Crippen molar-refractivity contribution in [2.45, 2.75) is 24.8 Å². The lowest BCUT2D eigenvalue weighted by Gasteiger charge is -2.32. The van der Waals surface area contributed by atoms with E-state index >= 15 is 0 Å². The van der Waals surface area contributed by atoms with Crippen LogP contribution in [0.5, 0.6) is 0 Å². The molecule has 6 heteroatoms. The summed E-state index contributed by atoms with van der Waals surface area (Å²) >= 11 is 4.20. The van der Waals surface area contributed by atoms with Gasteiger partial charge in [-0.1, -0.05) is 13.8 Å². The summed E-state index contributed by atoms with van der Waals surface area (Å²) in [4.78, 5) is 27.5. The van der Waals surface area contributed by atoms with E-state index in [1.54, 1.807) is 29.2 Å². The standard InChI is InChI=1S/C16H22N2O3S/c1-11(2)14(16(20)18-7-9-21-10-8-18)17-15(19)12-3-5-13(22)6-4-12/h3-6,11,14,22H,7-10H2,1-2H3,(H,17,19). The van der Waals surface area contributed by atoms with E-state index in [4.69, 9.17) is 4.74 Å². The quantitative estimate of drug-likeness (QED) is 0.828. The number of nitrogens with zero attached hydrogens (tertiary/aromatic N) is 1. The highest BCUT2D eigenvalue weighted by molar-refractivity contribution is 7.80. The zero-order valence-corrected chi connectivity index (χ0v) is 13.8. The van der Waals surface area contributed by atoms with Gasteiger partial charge in [-0.05, 0) is 30.2 Å². The summed E-state index contributed by atoms with van der Waals surface area (Å²) in [5.74, 6) is -0.269. The highest BCUT2D eigenvalue weighted by Crippen LogP contribution is 2.11. The van der Waals surface area contributed by atoms with Gasteiger partial charge in [-0.25, -0.2) is 0 Å². The maximum Gasteiger partial charge on any atom is 0.251 e. The van der Waals surface area contributed by atoms with Crippen molar-refractivity contribution in [1.29, 1.82) is 0 Å². The maximum atomic E-state index is 12.6. The molecule has 1 aromatic rings. The van der Waals surface area contributed by atoms with Crippen molar-refractivity contribution in [3.63, 3.8) is 0 Å². The smallest absolute Gasteiger partial charge is 0.251 e. The van der Waals surface area contributed by atoms with Gasteiger partial charge in [0.1, 0.15) is 6.04 Å². The van der Waals surface area contributed by atoms with Crippen molar-refractivity contribution in [2.75, 3.05) is 26.3 Å². The summed E-state index contributed by atoms with van der Waals surface area (Å²) in [6.45, 7) is 6.11. The van der Waals surface area contributed by atoms with Gasteiger partial charge in [0.05, 0.1) is 13.2 Å². The highest BCUT2D eigenvalue weighted by Gasteiger charge is 2.29. The van der Waals surface area contributed by atoms with Gasteiger partial charge in [0.15, 0.2) is 0 Å². The molecule has 0 spiro atoms. The number of hydrogen-bond donors (Lipinski definition) is 2. The molecular weight excluding hydrogens is 300 g/mol. The minimum atomic E-state index is -0.527. The van der Waals surface area contributed by atoms with Crippen LogP contribution in [0.4, 0.5) is 0 Å². The lowest BCUT2D eigenvalue weighted by molar-refractivity contribution is -0.138. The molecular formula is C16H22N2O3S. The third kappa shape index (κ3) is 4.24. The fraction of sp³-hybridized carbons (Fsp3) is 0.500. The Morgan fingerprint density at radius 3 is 2.32 bits per heavy atom. The summed E-state index contributed by atoms with van der Waals surface area (Å²) in [5, 5.41) is 2.85. The molecule has 0 bridgehead atoms. The first-order valence-corrected chi connectivity index (χ1v) is 7.90. The molecule has 1 N–H and O–H groups in total. The summed E-state index contributed by atoms with van der Waals surface area (Å²) in [6, 6.07) is 6.39. The molecule has 1 aliphatic rings. The largest absolute Gasteiger partial charge is 0.378 e. The number of hydrogen-bond acceptors (Lipinski definition) is 4. The van der Waals surface area contributed by atoms with E-state index in [2.05, 4.69) is 17.9 Å². The number of amides is 2. The van der Waals surface area contributed by atoms with Crippen molar-refractivity contribution in [3.8, 4) is 0 Å². The fourth-order valence-corrected chi connectivity index (χ4v) is 2.48. The van der Waals surface area contributed by atoms with Gasteiger partial charge < -0.3 is 15.0 Å². The molecule has 1 heterocycles. The Hall–Kier alpha value is -1.53. The molecule has 1 saturated heterocycles. The lowest BCUT2D eigenvalue weighted by atomic mass is 10.0. The predicted molar refractivity (Wildman–Crippen MR) is 87.2 cm³/mol. The van der Waals surface area contributed by atoms with Crippen LogP contribution in [0.3, 0.4) is 0 Å². The average molecular weight is 322 g/mol. The van der Waals surface area contributed by atoms with Crippen LogP contribution in [0, 0.1) is 5.92 Å². The number of benzene rings is 1. The van der Waals surface area contributed by atoms with E-state index in [0.29, 0.717) is 31.9 Å². The van der Waals surface area contributed by atoms with Gasteiger partial charge in [0, 0.05) is 23.5 Å². The third-order valence-electron chi connectivity index (χ3n) is 3.67. The summed E-state index contributed by atoms with van der Waals surface area (Å²) in [6.07, 6.45) is 0. The molecule has 1 atom stereocenters. The van der Waals surface area contributed by atoms with Crippen LogP contribution in [0.25, 0.3) is 0 Å². The number of nitrogens with one attached hydrogen (secondary N) is 1. The second-order valence-corrected chi connectivity index (χ2v) is 6.20. The first-order chi connectivity index (χ1) is 10.5. The van der Waals surface area contributed by atoms with Gasteiger partial charge >= 0.3 is 0 Å². The van der Waals surface area contributed by atoms with Gasteiger partial charge in [-0.15, -0.1) is 12.6 Å². The maximum absolute atomic E-state index is 12.6. The number of rotatable bonds is 4. The second-order valence-electron chi connectivity index (χ2n) is 5.68. The SMILES string of the molecule is CC(C)C(NC(=O)c1ccc(S)cc1)C(=O)N1CCOCC1. The van der Waals surface area contributed by atoms with Crippen LogP contribution in [0.1, 0.15) is 24.2 Å². The van der Waals surface area contributed by atoms with Crippen LogP contribution in [-0.2, 0) is 9.53 Å². The molecule has 0 aliphatic carbocycles. The zero-order chi connectivity index (χ0) is 16.1. The van der Waals surface area contributed by atoms with Crippen molar-refractivity contribution in [3.05, 3.63) is 29.8 Å². The van der Waals surface area contributed by atoms with Crippen molar-refractivity contribution in [1.82, 2.24) is 10.2 Å². The van der Waals surface area contributed by atoms with Crippen LogP contribution < -0.4 is 5.32 Å². The zero-order valence-electron chi connectivity index (χ0n) is 12.9. The Morgan fingerprint density at radius 2 is 1.77 bits per heavy atom. The normalized spacial score (nSPS) is 16.5. The molecule has 2 rings (SSSR count). The minimum Gasteiger partial charge on any atom is -0.378 e. The predicted octanol–water partition coefficient (Wildman–Crippen LogP) is 1.59.